The number of nitro groups is 2. The van der Waals surface area contributed by atoms with Crippen molar-refractivity contribution in [3.63, 3.8) is 0 Å². The third-order valence-electron chi connectivity index (χ3n) is 7.04. The number of nitro benzene ring substituents is 2. The minimum atomic E-state index is -0.787. The molecule has 3 aromatic rings. The number of carbonyl (C=O) groups excluding carboxylic acids is 2. The van der Waals surface area contributed by atoms with E-state index in [4.69, 9.17) is 0 Å². The summed E-state index contributed by atoms with van der Waals surface area (Å²) >= 11 is 0. The number of nitrogens with one attached hydrogen (secondary N) is 2. The lowest BCUT2D eigenvalue weighted by Gasteiger charge is -2.50. The van der Waals surface area contributed by atoms with Crippen molar-refractivity contribution in [1.29, 1.82) is 0 Å². The Morgan fingerprint density at radius 1 is 0.838 bits per heavy atom. The zero-order chi connectivity index (χ0) is 26.3. The Kier molecular flexibility index (Phi) is 6.00. The standard InChI is InChI=1S/C27H22N4O6/c1-2-11-28-27(33)24-22-18-7-3-5-9-20(18)23(21-10-6-4-8-19(21)22)25(24)29-26(32)15-12-16(30(34)35)14-17(13-15)31(36)37/h2-10,12-14,22-25H,1,11H2,(H,28,33)(H,29,32). The van der Waals surface area contributed by atoms with Gasteiger partial charge in [-0.2, -0.15) is 0 Å². The summed E-state index contributed by atoms with van der Waals surface area (Å²) in [4.78, 5) is 48.1. The van der Waals surface area contributed by atoms with E-state index in [0.717, 1.165) is 40.5 Å². The van der Waals surface area contributed by atoms with Crippen molar-refractivity contribution in [2.45, 2.75) is 17.9 Å². The van der Waals surface area contributed by atoms with Gasteiger partial charge in [-0.1, -0.05) is 54.6 Å². The number of nitrogens with zero attached hydrogens (tertiary/aromatic N) is 2. The summed E-state index contributed by atoms with van der Waals surface area (Å²) in [5, 5.41) is 28.5. The van der Waals surface area contributed by atoms with Crippen LogP contribution in [-0.2, 0) is 4.79 Å². The molecular formula is C27H22N4O6. The molecule has 0 fully saturated rings. The van der Waals surface area contributed by atoms with Crippen LogP contribution in [0.25, 0.3) is 0 Å². The first-order valence-electron chi connectivity index (χ1n) is 11.6. The van der Waals surface area contributed by atoms with Gasteiger partial charge in [0, 0.05) is 30.5 Å². The number of hydrogen-bond acceptors (Lipinski definition) is 6. The lowest BCUT2D eigenvalue weighted by Crippen LogP contribution is -2.57. The minimum absolute atomic E-state index is 0.228. The maximum atomic E-state index is 13.5. The van der Waals surface area contributed by atoms with Gasteiger partial charge in [0.15, 0.2) is 0 Å². The average Bonchev–Trinajstić information content (AvgIpc) is 2.91. The van der Waals surface area contributed by atoms with Crippen LogP contribution in [0, 0.1) is 26.1 Å². The Balaban J connectivity index is 1.62. The van der Waals surface area contributed by atoms with Gasteiger partial charge in [-0.15, -0.1) is 6.58 Å². The maximum Gasteiger partial charge on any atom is 0.277 e. The largest absolute Gasteiger partial charge is 0.352 e. The molecule has 0 heterocycles. The van der Waals surface area contributed by atoms with Gasteiger partial charge in [0.2, 0.25) is 5.91 Å². The predicted molar refractivity (Wildman–Crippen MR) is 134 cm³/mol. The number of non-ortho nitro benzene ring substituents is 2. The molecule has 3 aliphatic carbocycles. The molecule has 0 aromatic heterocycles. The van der Waals surface area contributed by atoms with Crippen molar-refractivity contribution in [3.05, 3.63) is 127 Å². The van der Waals surface area contributed by atoms with E-state index < -0.39 is 39.1 Å². The number of hydrogen-bond donors (Lipinski definition) is 2. The Labute approximate surface area is 211 Å². The molecule has 0 radical (unpaired) electrons. The highest BCUT2D eigenvalue weighted by Crippen LogP contribution is 2.55. The number of carbonyl (C=O) groups is 2. The molecule has 2 atom stereocenters. The number of fused-ring (bicyclic) bond motifs is 1. The fourth-order valence-corrected chi connectivity index (χ4v) is 5.63. The van der Waals surface area contributed by atoms with Gasteiger partial charge in [-0.05, 0) is 22.3 Å². The average molecular weight is 498 g/mol. The van der Waals surface area contributed by atoms with Crippen LogP contribution in [0.15, 0.2) is 79.4 Å². The molecule has 37 heavy (non-hydrogen) atoms. The fourth-order valence-electron chi connectivity index (χ4n) is 5.63. The van der Waals surface area contributed by atoms with Crippen LogP contribution in [0.3, 0.4) is 0 Å². The zero-order valence-electron chi connectivity index (χ0n) is 19.5. The Morgan fingerprint density at radius 2 is 1.32 bits per heavy atom. The number of amides is 2. The van der Waals surface area contributed by atoms with Gasteiger partial charge in [0.25, 0.3) is 17.3 Å². The molecule has 3 aliphatic rings. The number of benzene rings is 3. The van der Waals surface area contributed by atoms with Crippen molar-refractivity contribution in [2.24, 2.45) is 5.92 Å². The minimum Gasteiger partial charge on any atom is -0.352 e. The highest BCUT2D eigenvalue weighted by Gasteiger charge is 2.53. The highest BCUT2D eigenvalue weighted by atomic mass is 16.6. The quantitative estimate of drug-likeness (QED) is 0.288. The molecule has 10 heteroatoms. The van der Waals surface area contributed by atoms with Crippen molar-refractivity contribution in [3.8, 4) is 0 Å². The lowest BCUT2D eigenvalue weighted by atomic mass is 9.56. The summed E-state index contributed by atoms with van der Waals surface area (Å²) in [6.07, 6.45) is 1.57. The first-order valence-corrected chi connectivity index (χ1v) is 11.6. The second-order valence-corrected chi connectivity index (χ2v) is 9.02. The third-order valence-corrected chi connectivity index (χ3v) is 7.04. The van der Waals surface area contributed by atoms with Crippen molar-refractivity contribution >= 4 is 23.2 Å². The summed E-state index contributed by atoms with van der Waals surface area (Å²) in [5.41, 5.74) is 2.60. The summed E-state index contributed by atoms with van der Waals surface area (Å²) < 4.78 is 0. The van der Waals surface area contributed by atoms with E-state index in [1.54, 1.807) is 6.08 Å². The fraction of sp³-hybridized carbons (Fsp3) is 0.185. The van der Waals surface area contributed by atoms with Crippen LogP contribution < -0.4 is 10.6 Å². The van der Waals surface area contributed by atoms with Gasteiger partial charge in [0.1, 0.15) is 0 Å². The smallest absolute Gasteiger partial charge is 0.277 e. The van der Waals surface area contributed by atoms with Crippen LogP contribution in [0.2, 0.25) is 0 Å². The van der Waals surface area contributed by atoms with Crippen molar-refractivity contribution < 1.29 is 19.4 Å². The monoisotopic (exact) mass is 498 g/mol. The molecule has 186 valence electrons. The van der Waals surface area contributed by atoms with Gasteiger partial charge >= 0.3 is 0 Å². The molecule has 2 bridgehead atoms. The third kappa shape index (κ3) is 4.02. The van der Waals surface area contributed by atoms with Gasteiger partial charge < -0.3 is 10.6 Å². The van der Waals surface area contributed by atoms with Gasteiger partial charge in [-0.25, -0.2) is 0 Å². The molecule has 3 aromatic carbocycles. The van der Waals surface area contributed by atoms with Crippen LogP contribution in [0.1, 0.15) is 44.4 Å². The van der Waals surface area contributed by atoms with E-state index >= 15 is 0 Å². The van der Waals surface area contributed by atoms with Gasteiger partial charge in [-0.3, -0.25) is 29.8 Å². The summed E-state index contributed by atoms with van der Waals surface area (Å²) in [6.45, 7) is 3.90. The van der Waals surface area contributed by atoms with E-state index in [2.05, 4.69) is 17.2 Å². The molecule has 2 N–H and O–H groups in total. The number of rotatable bonds is 7. The van der Waals surface area contributed by atoms with E-state index in [9.17, 15) is 29.8 Å². The molecule has 6 rings (SSSR count). The summed E-state index contributed by atoms with van der Waals surface area (Å²) in [7, 11) is 0. The predicted octanol–water partition coefficient (Wildman–Crippen LogP) is 3.81. The molecule has 2 unspecified atom stereocenters. The first-order chi connectivity index (χ1) is 17.8. The second kappa shape index (κ2) is 9.30. The van der Waals surface area contributed by atoms with E-state index in [1.165, 1.54) is 0 Å². The van der Waals surface area contributed by atoms with E-state index in [1.807, 2.05) is 48.5 Å². The molecule has 0 saturated carbocycles. The van der Waals surface area contributed by atoms with E-state index in [0.29, 0.717) is 0 Å². The summed E-state index contributed by atoms with van der Waals surface area (Å²) in [5.74, 6) is -2.40. The Hall–Kier alpha value is -4.86. The highest BCUT2D eigenvalue weighted by molar-refractivity contribution is 5.97. The van der Waals surface area contributed by atoms with Crippen molar-refractivity contribution in [1.82, 2.24) is 10.6 Å². The first kappa shape index (κ1) is 23.9. The normalized spacial score (nSPS) is 20.8. The van der Waals surface area contributed by atoms with Crippen LogP contribution >= 0.6 is 0 Å². The summed E-state index contributed by atoms with van der Waals surface area (Å²) in [6, 6.07) is 17.6. The Morgan fingerprint density at radius 3 is 1.78 bits per heavy atom. The second-order valence-electron chi connectivity index (χ2n) is 9.02. The molecule has 2 amide bonds. The molecule has 0 saturated heterocycles. The molecule has 10 nitrogen and oxygen atoms in total. The zero-order valence-corrected chi connectivity index (χ0v) is 19.5. The van der Waals surface area contributed by atoms with Crippen LogP contribution in [0.4, 0.5) is 11.4 Å². The topological polar surface area (TPSA) is 144 Å². The van der Waals surface area contributed by atoms with Crippen molar-refractivity contribution in [2.75, 3.05) is 6.54 Å². The SMILES string of the molecule is C=CCNC(=O)C1C2c3ccccc3C(c3ccccc32)C1NC(=O)c1cc([N+](=O)[O-])cc([N+](=O)[O-])c1. The maximum absolute atomic E-state index is 13.5. The van der Waals surface area contributed by atoms with Gasteiger partial charge in [0.05, 0.1) is 33.4 Å². The lowest BCUT2D eigenvalue weighted by molar-refractivity contribution is -0.394. The molecule has 0 aliphatic heterocycles. The van der Waals surface area contributed by atoms with E-state index in [-0.39, 0.29) is 29.9 Å². The molecular weight excluding hydrogens is 476 g/mol. The van der Waals surface area contributed by atoms with Crippen LogP contribution in [-0.4, -0.2) is 34.2 Å². The van der Waals surface area contributed by atoms with Crippen LogP contribution in [0.5, 0.6) is 0 Å². The Bertz CT molecular complexity index is 1390. The molecule has 0 spiro atoms.